The van der Waals surface area contributed by atoms with Crippen LogP contribution in [0.2, 0.25) is 10.0 Å². The van der Waals surface area contributed by atoms with E-state index in [4.69, 9.17) is 39.8 Å². The molecule has 3 aromatic rings. The lowest BCUT2D eigenvalue weighted by Crippen LogP contribution is -2.34. The van der Waals surface area contributed by atoms with E-state index in [-0.39, 0.29) is 21.6 Å². The monoisotopic (exact) mass is 584 g/mol. The van der Waals surface area contributed by atoms with Crippen LogP contribution in [-0.4, -0.2) is 11.0 Å². The minimum absolute atomic E-state index is 0.108. The maximum atomic E-state index is 13.2. The molecule has 30 heavy (non-hydrogen) atoms. The first-order chi connectivity index (χ1) is 14.1. The van der Waals surface area contributed by atoms with Crippen molar-refractivity contribution in [2.75, 3.05) is 5.32 Å². The molecule has 0 fully saturated rings. The molecule has 0 saturated carbocycles. The van der Waals surface area contributed by atoms with Gasteiger partial charge in [0.15, 0.2) is 10.9 Å². The number of anilines is 1. The maximum absolute atomic E-state index is 13.2. The van der Waals surface area contributed by atoms with Crippen LogP contribution in [0.15, 0.2) is 52.9 Å². The summed E-state index contributed by atoms with van der Waals surface area (Å²) < 4.78 is 45.6. The molecule has 11 heteroatoms. The van der Waals surface area contributed by atoms with Crippen LogP contribution in [-0.2, 0) is 6.18 Å². The van der Waals surface area contributed by atoms with E-state index in [9.17, 15) is 18.0 Å². The molecule has 0 spiro atoms. The van der Waals surface area contributed by atoms with Crippen LogP contribution in [0, 0.1) is 3.57 Å². The summed E-state index contributed by atoms with van der Waals surface area (Å²) in [6.07, 6.45) is -4.59. The van der Waals surface area contributed by atoms with Gasteiger partial charge in [-0.05, 0) is 77.3 Å². The van der Waals surface area contributed by atoms with Crippen LogP contribution in [0.5, 0.6) is 0 Å². The number of carbonyl (C=O) groups excluding carboxylic acids is 1. The highest BCUT2D eigenvalue weighted by Crippen LogP contribution is 2.36. The van der Waals surface area contributed by atoms with Gasteiger partial charge in [-0.1, -0.05) is 29.3 Å². The lowest BCUT2D eigenvalue weighted by molar-refractivity contribution is -0.137. The Morgan fingerprint density at radius 2 is 1.83 bits per heavy atom. The van der Waals surface area contributed by atoms with Gasteiger partial charge in [0.25, 0.3) is 5.91 Å². The largest absolute Gasteiger partial charge is 0.451 e. The topological polar surface area (TPSA) is 54.3 Å². The first-order valence-electron chi connectivity index (χ1n) is 8.09. The van der Waals surface area contributed by atoms with Crippen molar-refractivity contribution in [2.45, 2.75) is 6.18 Å². The van der Waals surface area contributed by atoms with E-state index in [0.29, 0.717) is 19.9 Å². The van der Waals surface area contributed by atoms with Crippen LogP contribution in [0.3, 0.4) is 0 Å². The number of hydrogen-bond acceptors (Lipinski definition) is 3. The molecule has 0 saturated heterocycles. The molecule has 0 aliphatic heterocycles. The van der Waals surface area contributed by atoms with Gasteiger partial charge >= 0.3 is 6.18 Å². The van der Waals surface area contributed by atoms with E-state index in [0.717, 1.165) is 6.07 Å². The third-order valence-electron chi connectivity index (χ3n) is 3.81. The van der Waals surface area contributed by atoms with Gasteiger partial charge in [0.2, 0.25) is 0 Å². The van der Waals surface area contributed by atoms with Crippen LogP contribution in [0.4, 0.5) is 18.9 Å². The van der Waals surface area contributed by atoms with Gasteiger partial charge in [0, 0.05) is 9.13 Å². The zero-order chi connectivity index (χ0) is 22.1. The molecular weight excluding hydrogens is 575 g/mol. The first-order valence-corrected chi connectivity index (χ1v) is 10.3. The van der Waals surface area contributed by atoms with Crippen molar-refractivity contribution >= 4 is 74.7 Å². The second-order valence-corrected chi connectivity index (χ2v) is 8.30. The lowest BCUT2D eigenvalue weighted by Gasteiger charge is -2.15. The minimum Gasteiger partial charge on any atom is -0.451 e. The molecule has 2 N–H and O–H groups in total. The number of amides is 1. The van der Waals surface area contributed by atoms with E-state index < -0.39 is 17.6 Å². The molecular formula is C19H10Cl2F3IN2O2S. The van der Waals surface area contributed by atoms with Crippen molar-refractivity contribution in [1.82, 2.24) is 5.32 Å². The van der Waals surface area contributed by atoms with Gasteiger partial charge < -0.3 is 9.73 Å². The highest BCUT2D eigenvalue weighted by Gasteiger charge is 2.34. The van der Waals surface area contributed by atoms with Gasteiger partial charge in [0.05, 0.1) is 21.3 Å². The molecule has 0 bridgehead atoms. The number of nitrogens with one attached hydrogen (secondary N) is 2. The predicted octanol–water partition coefficient (Wildman–Crippen LogP) is 7.00. The quantitative estimate of drug-likeness (QED) is 0.257. The Labute approximate surface area is 197 Å². The summed E-state index contributed by atoms with van der Waals surface area (Å²) in [5.41, 5.74) is -0.696. The minimum atomic E-state index is -4.59. The van der Waals surface area contributed by atoms with Gasteiger partial charge in [-0.25, -0.2) is 0 Å². The fourth-order valence-electron chi connectivity index (χ4n) is 2.48. The molecule has 0 atom stereocenters. The zero-order valence-electron chi connectivity index (χ0n) is 14.6. The van der Waals surface area contributed by atoms with E-state index >= 15 is 0 Å². The fourth-order valence-corrected chi connectivity index (χ4v) is 3.56. The van der Waals surface area contributed by atoms with Crippen molar-refractivity contribution in [3.63, 3.8) is 0 Å². The summed E-state index contributed by atoms with van der Waals surface area (Å²) >= 11 is 18.9. The maximum Gasteiger partial charge on any atom is 0.418 e. The SMILES string of the molecule is O=C(NC(=S)Nc1ccc(I)cc1C(F)(F)F)c1ccc(-c2cccc(Cl)c2Cl)o1. The summed E-state index contributed by atoms with van der Waals surface area (Å²) in [6, 6.07) is 11.5. The van der Waals surface area contributed by atoms with Gasteiger partial charge in [-0.2, -0.15) is 13.2 Å². The number of benzene rings is 2. The average Bonchev–Trinajstić information content (AvgIpc) is 3.14. The third kappa shape index (κ3) is 5.26. The molecule has 1 heterocycles. The average molecular weight is 585 g/mol. The highest BCUT2D eigenvalue weighted by molar-refractivity contribution is 14.1. The predicted molar refractivity (Wildman–Crippen MR) is 122 cm³/mol. The molecule has 4 nitrogen and oxygen atoms in total. The Morgan fingerprint density at radius 1 is 1.10 bits per heavy atom. The van der Waals surface area contributed by atoms with Crippen molar-refractivity contribution in [2.24, 2.45) is 0 Å². The van der Waals surface area contributed by atoms with Crippen LogP contribution >= 0.6 is 58.0 Å². The van der Waals surface area contributed by atoms with Gasteiger partial charge in [-0.3, -0.25) is 10.1 Å². The number of furan rings is 1. The zero-order valence-corrected chi connectivity index (χ0v) is 19.1. The normalized spacial score (nSPS) is 11.3. The summed E-state index contributed by atoms with van der Waals surface area (Å²) in [7, 11) is 0. The Bertz CT molecular complexity index is 1140. The van der Waals surface area contributed by atoms with Crippen molar-refractivity contribution in [1.29, 1.82) is 0 Å². The number of rotatable bonds is 3. The molecule has 0 aliphatic carbocycles. The van der Waals surface area contributed by atoms with Crippen LogP contribution < -0.4 is 10.6 Å². The summed E-state index contributed by atoms with van der Waals surface area (Å²) in [4.78, 5) is 12.4. The molecule has 0 radical (unpaired) electrons. The Hall–Kier alpha value is -1.82. The van der Waals surface area contributed by atoms with E-state index in [2.05, 4.69) is 10.6 Å². The van der Waals surface area contributed by atoms with Gasteiger partial charge in [0.1, 0.15) is 5.76 Å². The van der Waals surface area contributed by atoms with E-state index in [1.54, 1.807) is 40.8 Å². The molecule has 1 amide bonds. The molecule has 156 valence electrons. The van der Waals surface area contributed by atoms with E-state index in [1.807, 2.05) is 0 Å². The van der Waals surface area contributed by atoms with Crippen molar-refractivity contribution in [3.05, 3.63) is 73.5 Å². The van der Waals surface area contributed by atoms with Crippen molar-refractivity contribution in [3.8, 4) is 11.3 Å². The number of hydrogen-bond donors (Lipinski definition) is 2. The van der Waals surface area contributed by atoms with Crippen LogP contribution in [0.25, 0.3) is 11.3 Å². The number of carbonyl (C=O) groups is 1. The van der Waals surface area contributed by atoms with Crippen LogP contribution in [0.1, 0.15) is 16.1 Å². The molecule has 3 rings (SSSR count). The summed E-state index contributed by atoms with van der Waals surface area (Å²) in [6.45, 7) is 0. The third-order valence-corrected chi connectivity index (χ3v) is 5.50. The molecule has 0 aliphatic rings. The Kier molecular flexibility index (Phi) is 6.95. The highest BCUT2D eigenvalue weighted by atomic mass is 127. The number of thiocarbonyl (C=S) groups is 1. The fraction of sp³-hybridized carbons (Fsp3) is 0.0526. The number of halogens is 6. The smallest absolute Gasteiger partial charge is 0.418 e. The Morgan fingerprint density at radius 3 is 2.53 bits per heavy atom. The lowest BCUT2D eigenvalue weighted by atomic mass is 10.1. The summed E-state index contributed by atoms with van der Waals surface area (Å²) in [5, 5.41) is 4.95. The molecule has 2 aromatic carbocycles. The Balaban J connectivity index is 1.74. The first kappa shape index (κ1) is 22.9. The second-order valence-electron chi connectivity index (χ2n) is 5.86. The van der Waals surface area contributed by atoms with Gasteiger partial charge in [-0.15, -0.1) is 0 Å². The van der Waals surface area contributed by atoms with Crippen molar-refractivity contribution < 1.29 is 22.4 Å². The standard InChI is InChI=1S/C19H10Cl2F3IN2O2S/c20-12-3-1-2-10(16(12)21)14-6-7-15(29-14)17(28)27-18(30)26-13-5-4-9(25)8-11(13)19(22,23)24/h1-8H,(H2,26,27,28,30). The molecule has 1 aromatic heterocycles. The summed E-state index contributed by atoms with van der Waals surface area (Å²) in [5.74, 6) is -0.552. The molecule has 0 unspecified atom stereocenters. The number of alkyl halides is 3. The second kappa shape index (κ2) is 9.13. The van der Waals surface area contributed by atoms with E-state index in [1.165, 1.54) is 24.3 Å².